The van der Waals surface area contributed by atoms with Crippen molar-refractivity contribution in [1.29, 1.82) is 0 Å². The van der Waals surface area contributed by atoms with Gasteiger partial charge in [0.1, 0.15) is 15.5 Å². The Bertz CT molecular complexity index is 1040. The fourth-order valence-electron chi connectivity index (χ4n) is 4.26. The zero-order chi connectivity index (χ0) is 21.8. The number of rotatable bonds is 8. The van der Waals surface area contributed by atoms with Crippen molar-refractivity contribution in [1.82, 2.24) is 15.3 Å². The van der Waals surface area contributed by atoms with Crippen LogP contribution in [0.2, 0.25) is 0 Å². The van der Waals surface area contributed by atoms with Gasteiger partial charge in [-0.3, -0.25) is 9.78 Å². The lowest BCUT2D eigenvalue weighted by molar-refractivity contribution is 0.100. The molecule has 4 rings (SSSR count). The molecule has 1 saturated heterocycles. The minimum atomic E-state index is -0.484. The molecule has 3 aromatic rings. The summed E-state index contributed by atoms with van der Waals surface area (Å²) in [6.45, 7) is 4.99. The molecule has 0 atom stereocenters. The van der Waals surface area contributed by atoms with Crippen LogP contribution in [-0.2, 0) is 12.8 Å². The van der Waals surface area contributed by atoms with Gasteiger partial charge in [0.2, 0.25) is 0 Å². The number of nitrogens with two attached hydrogens (primary N) is 2. The molecule has 0 aromatic carbocycles. The van der Waals surface area contributed by atoms with Gasteiger partial charge in [0.05, 0.1) is 5.69 Å². The third-order valence-corrected chi connectivity index (χ3v) is 6.98. The van der Waals surface area contributed by atoms with E-state index in [1.54, 1.807) is 0 Å². The highest BCUT2D eigenvalue weighted by Gasteiger charge is 2.23. The zero-order valence-corrected chi connectivity index (χ0v) is 18.8. The highest BCUT2D eigenvalue weighted by molar-refractivity contribution is 7.21. The van der Waals surface area contributed by atoms with E-state index in [9.17, 15) is 4.79 Å². The SMILES string of the molecule is CCCc1cc(N2CCC(NCCc3ccccn3)CC2)nc2sc(C(N)=O)c(N)c12. The largest absolute Gasteiger partial charge is 0.397 e. The summed E-state index contributed by atoms with van der Waals surface area (Å²) >= 11 is 1.30. The van der Waals surface area contributed by atoms with Gasteiger partial charge in [0.25, 0.3) is 5.91 Å². The second kappa shape index (κ2) is 9.62. The van der Waals surface area contributed by atoms with Gasteiger partial charge >= 0.3 is 0 Å². The molecular weight excluding hydrogens is 408 g/mol. The molecular formula is C23H30N6OS. The van der Waals surface area contributed by atoms with Gasteiger partial charge in [-0.2, -0.15) is 0 Å². The number of nitrogen functional groups attached to an aromatic ring is 1. The van der Waals surface area contributed by atoms with Crippen LogP contribution in [0.5, 0.6) is 0 Å². The second-order valence-corrected chi connectivity index (χ2v) is 9.06. The van der Waals surface area contributed by atoms with Gasteiger partial charge in [0.15, 0.2) is 0 Å². The number of amides is 1. The fraction of sp³-hybridized carbons (Fsp3) is 0.435. The molecule has 0 spiro atoms. The van der Waals surface area contributed by atoms with Crippen LogP contribution in [0, 0.1) is 0 Å². The van der Waals surface area contributed by atoms with E-state index in [0.717, 1.165) is 79.0 Å². The molecule has 1 aliphatic heterocycles. The molecule has 5 N–H and O–H groups in total. The molecule has 31 heavy (non-hydrogen) atoms. The monoisotopic (exact) mass is 438 g/mol. The van der Waals surface area contributed by atoms with E-state index in [0.29, 0.717) is 16.6 Å². The van der Waals surface area contributed by atoms with Gasteiger partial charge in [-0.25, -0.2) is 4.98 Å². The molecule has 3 aromatic heterocycles. The number of nitrogens with one attached hydrogen (secondary N) is 1. The number of primary amides is 1. The van der Waals surface area contributed by atoms with Crippen molar-refractivity contribution >= 4 is 39.0 Å². The zero-order valence-electron chi connectivity index (χ0n) is 17.9. The van der Waals surface area contributed by atoms with E-state index in [2.05, 4.69) is 34.3 Å². The normalized spacial score (nSPS) is 14.9. The molecule has 1 amide bonds. The Morgan fingerprint density at radius 2 is 2.10 bits per heavy atom. The van der Waals surface area contributed by atoms with Crippen LogP contribution >= 0.6 is 11.3 Å². The molecule has 0 unspecified atom stereocenters. The van der Waals surface area contributed by atoms with Gasteiger partial charge in [-0.05, 0) is 43.0 Å². The Kier molecular flexibility index (Phi) is 6.67. The van der Waals surface area contributed by atoms with Gasteiger partial charge in [-0.1, -0.05) is 19.4 Å². The van der Waals surface area contributed by atoms with Crippen LogP contribution < -0.4 is 21.7 Å². The molecule has 1 fully saturated rings. The highest BCUT2D eigenvalue weighted by Crippen LogP contribution is 2.37. The number of anilines is 2. The molecule has 1 aliphatic rings. The Hall–Kier alpha value is -2.71. The number of piperidine rings is 1. The average Bonchev–Trinajstić information content (AvgIpc) is 3.12. The molecule has 0 aliphatic carbocycles. The Labute approximate surface area is 186 Å². The maximum absolute atomic E-state index is 11.8. The van der Waals surface area contributed by atoms with Gasteiger partial charge < -0.3 is 21.7 Å². The number of aromatic nitrogens is 2. The summed E-state index contributed by atoms with van der Waals surface area (Å²) in [7, 11) is 0. The third kappa shape index (κ3) is 4.80. The van der Waals surface area contributed by atoms with Gasteiger partial charge in [0, 0.05) is 49.4 Å². The number of thiophene rings is 1. The molecule has 7 nitrogen and oxygen atoms in total. The number of aryl methyl sites for hydroxylation is 1. The Morgan fingerprint density at radius 3 is 2.77 bits per heavy atom. The van der Waals surface area contributed by atoms with Crippen LogP contribution in [0.3, 0.4) is 0 Å². The van der Waals surface area contributed by atoms with E-state index in [1.807, 2.05) is 18.3 Å². The lowest BCUT2D eigenvalue weighted by Gasteiger charge is -2.33. The molecule has 8 heteroatoms. The summed E-state index contributed by atoms with van der Waals surface area (Å²) in [6, 6.07) is 8.71. The van der Waals surface area contributed by atoms with Gasteiger partial charge in [-0.15, -0.1) is 11.3 Å². The second-order valence-electron chi connectivity index (χ2n) is 8.07. The van der Waals surface area contributed by atoms with E-state index < -0.39 is 5.91 Å². The first kappa shape index (κ1) is 21.5. The minimum absolute atomic E-state index is 0.410. The minimum Gasteiger partial charge on any atom is -0.397 e. The first-order valence-corrected chi connectivity index (χ1v) is 11.8. The first-order chi connectivity index (χ1) is 15.1. The van der Waals surface area contributed by atoms with Crippen LogP contribution in [0.1, 0.15) is 47.1 Å². The van der Waals surface area contributed by atoms with E-state index in [4.69, 9.17) is 16.5 Å². The van der Waals surface area contributed by atoms with E-state index >= 15 is 0 Å². The number of carbonyl (C=O) groups is 1. The number of carbonyl (C=O) groups excluding carboxylic acids is 1. The topological polar surface area (TPSA) is 110 Å². The van der Waals surface area contributed by atoms with Crippen molar-refractivity contribution in [2.24, 2.45) is 5.73 Å². The first-order valence-electron chi connectivity index (χ1n) is 11.0. The Balaban J connectivity index is 1.43. The number of hydrogen-bond acceptors (Lipinski definition) is 7. The predicted molar refractivity (Wildman–Crippen MR) is 128 cm³/mol. The maximum Gasteiger partial charge on any atom is 0.260 e. The number of fused-ring (bicyclic) bond motifs is 1. The summed E-state index contributed by atoms with van der Waals surface area (Å²) in [5.41, 5.74) is 14.5. The summed E-state index contributed by atoms with van der Waals surface area (Å²) in [5.74, 6) is 0.488. The summed E-state index contributed by atoms with van der Waals surface area (Å²) in [5, 5.41) is 4.57. The van der Waals surface area contributed by atoms with Crippen molar-refractivity contribution in [2.45, 2.75) is 45.1 Å². The van der Waals surface area contributed by atoms with Crippen molar-refractivity contribution in [2.75, 3.05) is 30.3 Å². The standard InChI is InChI=1S/C23H30N6OS/c1-2-5-15-14-18(28-23-19(15)20(24)21(31-23)22(25)30)29-12-8-17(9-13-29)27-11-7-16-6-3-4-10-26-16/h3-4,6,10,14,17,27H,2,5,7-9,11-13,24H2,1H3,(H2,25,30). The predicted octanol–water partition coefficient (Wildman–Crippen LogP) is 3.13. The van der Waals surface area contributed by atoms with Crippen molar-refractivity contribution in [3.63, 3.8) is 0 Å². The molecule has 4 heterocycles. The van der Waals surface area contributed by atoms with Crippen molar-refractivity contribution in [3.8, 4) is 0 Å². The molecule has 0 radical (unpaired) electrons. The summed E-state index contributed by atoms with van der Waals surface area (Å²) < 4.78 is 0. The summed E-state index contributed by atoms with van der Waals surface area (Å²) in [6.07, 6.45) is 6.84. The lowest BCUT2D eigenvalue weighted by Crippen LogP contribution is -2.43. The fourth-order valence-corrected chi connectivity index (χ4v) is 5.25. The third-order valence-electron chi connectivity index (χ3n) is 5.87. The maximum atomic E-state index is 11.8. The Morgan fingerprint density at radius 1 is 1.29 bits per heavy atom. The number of nitrogens with zero attached hydrogens (tertiary/aromatic N) is 3. The molecule has 0 bridgehead atoms. The molecule has 164 valence electrons. The summed E-state index contributed by atoms with van der Waals surface area (Å²) in [4.78, 5) is 24.6. The smallest absolute Gasteiger partial charge is 0.260 e. The van der Waals surface area contributed by atoms with Crippen LogP contribution in [0.4, 0.5) is 11.5 Å². The van der Waals surface area contributed by atoms with E-state index in [-0.39, 0.29) is 0 Å². The van der Waals surface area contributed by atoms with Crippen LogP contribution in [0.25, 0.3) is 10.2 Å². The quantitative estimate of drug-likeness (QED) is 0.498. The number of hydrogen-bond donors (Lipinski definition) is 3. The lowest BCUT2D eigenvalue weighted by atomic mass is 10.0. The van der Waals surface area contributed by atoms with Crippen LogP contribution in [-0.4, -0.2) is 41.6 Å². The number of pyridine rings is 2. The van der Waals surface area contributed by atoms with Crippen LogP contribution in [0.15, 0.2) is 30.5 Å². The van der Waals surface area contributed by atoms with Crippen molar-refractivity contribution < 1.29 is 4.79 Å². The average molecular weight is 439 g/mol. The van der Waals surface area contributed by atoms with Crippen molar-refractivity contribution in [3.05, 3.63) is 46.6 Å². The molecule has 0 saturated carbocycles. The van der Waals surface area contributed by atoms with E-state index in [1.165, 1.54) is 11.3 Å². The highest BCUT2D eigenvalue weighted by atomic mass is 32.1.